The standard InChI is InChI=1S/C34H31Cl2F3N6O3/c1-7-22(46)43-13-21-33(47)42(6)32-31(44(21)12-16(43)5)17-10-20(37)23(24-25(38)18(35)11-19(36)27(24)40)26(39)30(17)45(34(32)48)29-15(4)8-9-41-28(29)14(2)3/h7-11,14,16,21H,1,12-13,40H2,2-6H3. The van der Waals surface area contributed by atoms with Crippen LogP contribution in [0.15, 0.2) is 41.8 Å². The summed E-state index contributed by atoms with van der Waals surface area (Å²) < 4.78 is 50.5. The first-order valence-corrected chi connectivity index (χ1v) is 15.8. The summed E-state index contributed by atoms with van der Waals surface area (Å²) in [7, 11) is 1.40. The van der Waals surface area contributed by atoms with Gasteiger partial charge in [-0.25, -0.2) is 13.2 Å². The molecule has 6 rings (SSSR count). The normalized spacial score (nSPS) is 17.6. The summed E-state index contributed by atoms with van der Waals surface area (Å²) in [5.41, 5.74) is 4.00. The number of amides is 2. The number of nitrogens with two attached hydrogens (primary N) is 1. The van der Waals surface area contributed by atoms with Crippen LogP contribution in [-0.4, -0.2) is 58.5 Å². The van der Waals surface area contributed by atoms with Crippen LogP contribution in [0, 0.1) is 24.4 Å². The highest BCUT2D eigenvalue weighted by Gasteiger charge is 2.46. The smallest absolute Gasteiger partial charge is 0.281 e. The topological polar surface area (TPSA) is 105 Å². The fourth-order valence-corrected chi connectivity index (χ4v) is 7.27. The molecule has 1 saturated heterocycles. The van der Waals surface area contributed by atoms with Gasteiger partial charge in [0.25, 0.3) is 11.5 Å². The van der Waals surface area contributed by atoms with E-state index in [1.807, 2.05) is 13.8 Å². The number of hydrogen-bond acceptors (Lipinski definition) is 6. The van der Waals surface area contributed by atoms with Crippen LogP contribution in [0.2, 0.25) is 10.0 Å². The predicted octanol–water partition coefficient (Wildman–Crippen LogP) is 6.36. The zero-order valence-electron chi connectivity index (χ0n) is 26.7. The Balaban J connectivity index is 1.82. The van der Waals surface area contributed by atoms with Crippen LogP contribution in [0.1, 0.15) is 37.9 Å². The van der Waals surface area contributed by atoms with Crippen molar-refractivity contribution in [2.75, 3.05) is 35.7 Å². The van der Waals surface area contributed by atoms with Gasteiger partial charge in [-0.3, -0.25) is 23.9 Å². The molecule has 2 aromatic heterocycles. The van der Waals surface area contributed by atoms with E-state index in [0.29, 0.717) is 11.3 Å². The van der Waals surface area contributed by atoms with Crippen molar-refractivity contribution in [3.05, 3.63) is 86.2 Å². The molecule has 48 heavy (non-hydrogen) atoms. The van der Waals surface area contributed by atoms with Crippen LogP contribution < -0.4 is 21.1 Å². The molecule has 2 amide bonds. The maximum atomic E-state index is 17.4. The summed E-state index contributed by atoms with van der Waals surface area (Å²) in [4.78, 5) is 50.2. The van der Waals surface area contributed by atoms with Gasteiger partial charge in [0.2, 0.25) is 5.91 Å². The van der Waals surface area contributed by atoms with E-state index in [0.717, 1.165) is 27.7 Å². The summed E-state index contributed by atoms with van der Waals surface area (Å²) in [5.74, 6) is -4.87. The van der Waals surface area contributed by atoms with Crippen LogP contribution in [0.25, 0.3) is 27.7 Å². The highest BCUT2D eigenvalue weighted by Crippen LogP contribution is 2.47. The Kier molecular flexibility index (Phi) is 8.23. The first kappa shape index (κ1) is 33.4. The first-order valence-electron chi connectivity index (χ1n) is 15.1. The van der Waals surface area contributed by atoms with Crippen LogP contribution in [-0.2, 0) is 9.59 Å². The number of nitrogen functional groups attached to an aromatic ring is 1. The van der Waals surface area contributed by atoms with Gasteiger partial charge in [0.1, 0.15) is 17.5 Å². The lowest BCUT2D eigenvalue weighted by Gasteiger charge is -2.50. The number of aryl methyl sites for hydroxylation is 1. The Hall–Kier alpha value is -4.55. The molecule has 1 fully saturated rings. The van der Waals surface area contributed by atoms with Gasteiger partial charge in [-0.05, 0) is 49.6 Å². The van der Waals surface area contributed by atoms with Crippen LogP contribution >= 0.6 is 23.2 Å². The molecule has 9 nitrogen and oxygen atoms in total. The lowest BCUT2D eigenvalue weighted by molar-refractivity contribution is -0.130. The molecule has 2 aliphatic heterocycles. The number of anilines is 3. The number of nitrogens with zero attached hydrogens (tertiary/aromatic N) is 5. The average Bonchev–Trinajstić information content (AvgIpc) is 3.03. The van der Waals surface area contributed by atoms with Crippen LogP contribution in [0.4, 0.5) is 30.2 Å². The van der Waals surface area contributed by atoms with Crippen molar-refractivity contribution in [1.82, 2.24) is 14.5 Å². The number of likely N-dealkylation sites (N-methyl/N-ethyl adjacent to an activating group) is 1. The number of piperazine rings is 1. The lowest BCUT2D eigenvalue weighted by atomic mass is 9.94. The van der Waals surface area contributed by atoms with E-state index in [9.17, 15) is 14.4 Å². The molecular formula is C34H31Cl2F3N6O3. The fourth-order valence-electron chi connectivity index (χ4n) is 6.81. The monoisotopic (exact) mass is 698 g/mol. The number of fused-ring (bicyclic) bond motifs is 5. The minimum absolute atomic E-state index is 0.0506. The largest absolute Gasteiger partial charge is 0.397 e. The van der Waals surface area contributed by atoms with E-state index in [4.69, 9.17) is 28.9 Å². The maximum Gasteiger partial charge on any atom is 0.281 e. The lowest BCUT2D eigenvalue weighted by Crippen LogP contribution is -2.66. The fraction of sp³-hybridized carbons (Fsp3) is 0.294. The van der Waals surface area contributed by atoms with E-state index in [1.165, 1.54) is 11.9 Å². The molecule has 0 spiro atoms. The van der Waals surface area contributed by atoms with Gasteiger partial charge in [-0.15, -0.1) is 0 Å². The molecule has 2 N–H and O–H groups in total. The van der Waals surface area contributed by atoms with E-state index in [1.54, 1.807) is 31.0 Å². The summed E-state index contributed by atoms with van der Waals surface area (Å²) in [6.07, 6.45) is 2.70. The Morgan fingerprint density at radius 1 is 1.06 bits per heavy atom. The quantitative estimate of drug-likeness (QED) is 0.151. The molecule has 0 aliphatic carbocycles. The first-order chi connectivity index (χ1) is 22.6. The van der Waals surface area contributed by atoms with Crippen LogP contribution in [0.3, 0.4) is 0 Å². The molecule has 2 aromatic carbocycles. The van der Waals surface area contributed by atoms with Gasteiger partial charge in [0, 0.05) is 36.8 Å². The molecule has 14 heteroatoms. The van der Waals surface area contributed by atoms with Crippen molar-refractivity contribution in [3.8, 4) is 16.8 Å². The van der Waals surface area contributed by atoms with Gasteiger partial charge in [0.05, 0.1) is 50.4 Å². The number of aromatic nitrogens is 2. The van der Waals surface area contributed by atoms with Crippen molar-refractivity contribution in [2.45, 2.75) is 45.7 Å². The highest BCUT2D eigenvalue weighted by molar-refractivity contribution is 6.37. The van der Waals surface area contributed by atoms with Crippen LogP contribution in [0.5, 0.6) is 0 Å². The van der Waals surface area contributed by atoms with Gasteiger partial charge in [0.15, 0.2) is 11.6 Å². The number of pyridine rings is 2. The molecule has 0 saturated carbocycles. The number of halogens is 5. The van der Waals surface area contributed by atoms with Crippen molar-refractivity contribution in [3.63, 3.8) is 0 Å². The minimum Gasteiger partial charge on any atom is -0.397 e. The Morgan fingerprint density at radius 3 is 2.40 bits per heavy atom. The zero-order valence-corrected chi connectivity index (χ0v) is 28.2. The third-order valence-corrected chi connectivity index (χ3v) is 9.71. The third-order valence-electron chi connectivity index (χ3n) is 9.12. The van der Waals surface area contributed by atoms with Crippen molar-refractivity contribution < 1.29 is 22.8 Å². The summed E-state index contributed by atoms with van der Waals surface area (Å²) >= 11 is 12.2. The van der Waals surface area contributed by atoms with E-state index < -0.39 is 74.3 Å². The van der Waals surface area contributed by atoms with E-state index in [2.05, 4.69) is 11.6 Å². The van der Waals surface area contributed by atoms with Gasteiger partial charge < -0.3 is 20.4 Å². The summed E-state index contributed by atoms with van der Waals surface area (Å²) in [6.45, 7) is 10.7. The van der Waals surface area contributed by atoms with Gasteiger partial charge in [-0.2, -0.15) is 0 Å². The molecule has 2 unspecified atom stereocenters. The summed E-state index contributed by atoms with van der Waals surface area (Å²) in [6, 6.07) is 2.19. The molecule has 2 aliphatic rings. The zero-order chi connectivity index (χ0) is 35.1. The van der Waals surface area contributed by atoms with Crippen molar-refractivity contribution in [1.29, 1.82) is 0 Å². The Labute approximate surface area is 283 Å². The second-order valence-corrected chi connectivity index (χ2v) is 13.2. The Morgan fingerprint density at radius 2 is 1.75 bits per heavy atom. The maximum absolute atomic E-state index is 17.4. The molecule has 0 radical (unpaired) electrons. The number of carbonyl (C=O) groups excluding carboxylic acids is 2. The van der Waals surface area contributed by atoms with Crippen molar-refractivity contribution in [2.24, 2.45) is 0 Å². The predicted molar refractivity (Wildman–Crippen MR) is 182 cm³/mol. The van der Waals surface area contributed by atoms with E-state index in [-0.39, 0.29) is 46.5 Å². The molecule has 250 valence electrons. The number of rotatable bonds is 4. The molecular weight excluding hydrogens is 668 g/mol. The van der Waals surface area contributed by atoms with Crippen molar-refractivity contribution >= 4 is 63.0 Å². The van der Waals surface area contributed by atoms with Gasteiger partial charge in [-0.1, -0.05) is 43.6 Å². The molecule has 4 heterocycles. The SMILES string of the molecule is C=CC(=O)N1CC2C(=O)N(C)c3c(c4cc(F)c(-c5c(N)c(Cl)cc(Cl)c5F)c(F)c4n(-c4c(C)ccnc4C(C)C)c3=O)N2CC1C. The number of benzene rings is 2. The highest BCUT2D eigenvalue weighted by atomic mass is 35.5. The molecule has 0 bridgehead atoms. The minimum atomic E-state index is -1.31. The number of carbonyl (C=O) groups is 2. The summed E-state index contributed by atoms with van der Waals surface area (Å²) in [5, 5.41) is -0.819. The average molecular weight is 700 g/mol. The van der Waals surface area contributed by atoms with E-state index >= 15 is 13.2 Å². The third kappa shape index (κ3) is 4.75. The molecule has 4 aromatic rings. The molecule has 2 atom stereocenters. The Bertz CT molecular complexity index is 2130. The second-order valence-electron chi connectivity index (χ2n) is 12.3. The van der Waals surface area contributed by atoms with Gasteiger partial charge >= 0.3 is 0 Å². The second kappa shape index (κ2) is 11.9. The number of hydrogen-bond donors (Lipinski definition) is 1.